The molecule has 1 aliphatic heterocycles. The molecule has 0 radical (unpaired) electrons. The molecule has 0 N–H and O–H groups in total. The third-order valence-corrected chi connectivity index (χ3v) is 7.40. The first kappa shape index (κ1) is 21.5. The van der Waals surface area contributed by atoms with E-state index in [0.29, 0.717) is 13.1 Å². The van der Waals surface area contributed by atoms with Crippen LogP contribution < -0.4 is 0 Å². The minimum absolute atomic E-state index is 0.176. The van der Waals surface area contributed by atoms with Gasteiger partial charge in [-0.1, -0.05) is 36.4 Å². The molecule has 162 valence electrons. The second-order valence-corrected chi connectivity index (χ2v) is 9.28. The molecule has 1 aliphatic rings. The Kier molecular flexibility index (Phi) is 6.13. The highest BCUT2D eigenvalue weighted by atomic mass is 32.2. The van der Waals surface area contributed by atoms with Crippen LogP contribution in [0.5, 0.6) is 0 Å². The number of halogens is 3. The fraction of sp³-hybridized carbons (Fsp3) is 0.217. The van der Waals surface area contributed by atoms with Crippen molar-refractivity contribution < 1.29 is 21.6 Å². The number of hydrogen-bond acceptors (Lipinski definition) is 3. The average molecular weight is 446 g/mol. The fourth-order valence-corrected chi connectivity index (χ4v) is 5.39. The largest absolute Gasteiger partial charge is 0.290 e. The normalized spacial score (nSPS) is 16.0. The summed E-state index contributed by atoms with van der Waals surface area (Å²) in [5.74, 6) is -1.50. The lowest BCUT2D eigenvalue weighted by molar-refractivity contribution is 0.155. The molecule has 1 fully saturated rings. The smallest absolute Gasteiger partial charge is 0.246 e. The predicted octanol–water partition coefficient (Wildman–Crippen LogP) is 4.20. The van der Waals surface area contributed by atoms with Crippen molar-refractivity contribution in [2.24, 2.45) is 0 Å². The zero-order valence-corrected chi connectivity index (χ0v) is 17.4. The Morgan fingerprint density at radius 1 is 0.677 bits per heavy atom. The standard InChI is InChI=1S/C23H21F3N2O2S/c24-19-9-5-17(6-10-19)23(18-7-11-20(25)12-8-18)27-13-15-28(16-14-27)31(29,30)22-4-2-1-3-21(22)26/h1-12,23H,13-16H2. The summed E-state index contributed by atoms with van der Waals surface area (Å²) in [5, 5.41) is 0. The zero-order valence-electron chi connectivity index (χ0n) is 16.6. The van der Waals surface area contributed by atoms with Crippen LogP contribution in [0.15, 0.2) is 77.7 Å². The Hall–Kier alpha value is -2.68. The molecule has 3 aromatic rings. The molecule has 8 heteroatoms. The van der Waals surface area contributed by atoms with Gasteiger partial charge in [0.25, 0.3) is 0 Å². The molecular weight excluding hydrogens is 425 g/mol. The highest BCUT2D eigenvalue weighted by Crippen LogP contribution is 2.31. The predicted molar refractivity (Wildman–Crippen MR) is 111 cm³/mol. The molecule has 0 amide bonds. The van der Waals surface area contributed by atoms with Gasteiger partial charge in [-0.15, -0.1) is 0 Å². The van der Waals surface area contributed by atoms with E-state index in [9.17, 15) is 21.6 Å². The van der Waals surface area contributed by atoms with E-state index in [1.165, 1.54) is 46.8 Å². The van der Waals surface area contributed by atoms with Gasteiger partial charge in [0.2, 0.25) is 10.0 Å². The molecule has 4 rings (SSSR count). The van der Waals surface area contributed by atoms with Crippen LogP contribution in [0, 0.1) is 17.5 Å². The maximum atomic E-state index is 14.1. The van der Waals surface area contributed by atoms with Gasteiger partial charge in [-0.25, -0.2) is 21.6 Å². The maximum absolute atomic E-state index is 14.1. The zero-order chi connectivity index (χ0) is 22.0. The summed E-state index contributed by atoms with van der Waals surface area (Å²) in [6.07, 6.45) is 0. The van der Waals surface area contributed by atoms with E-state index in [0.717, 1.165) is 17.2 Å². The van der Waals surface area contributed by atoms with Crippen molar-refractivity contribution in [1.29, 1.82) is 0 Å². The Morgan fingerprint density at radius 2 is 1.16 bits per heavy atom. The van der Waals surface area contributed by atoms with Gasteiger partial charge in [0.1, 0.15) is 22.3 Å². The SMILES string of the molecule is O=S(=O)(c1ccccc1F)N1CCN(C(c2ccc(F)cc2)c2ccc(F)cc2)CC1. The van der Waals surface area contributed by atoms with E-state index in [4.69, 9.17) is 0 Å². The molecule has 0 aliphatic carbocycles. The van der Waals surface area contributed by atoms with Crippen molar-refractivity contribution in [2.75, 3.05) is 26.2 Å². The average Bonchev–Trinajstić information content (AvgIpc) is 2.77. The van der Waals surface area contributed by atoms with Crippen molar-refractivity contribution in [3.63, 3.8) is 0 Å². The van der Waals surface area contributed by atoms with Crippen LogP contribution in [0.1, 0.15) is 17.2 Å². The van der Waals surface area contributed by atoms with Crippen LogP contribution in [0.3, 0.4) is 0 Å². The summed E-state index contributed by atoms with van der Waals surface area (Å²) in [6, 6.07) is 17.2. The van der Waals surface area contributed by atoms with Gasteiger partial charge < -0.3 is 0 Å². The van der Waals surface area contributed by atoms with Crippen molar-refractivity contribution in [2.45, 2.75) is 10.9 Å². The van der Waals surface area contributed by atoms with E-state index in [2.05, 4.69) is 4.90 Å². The van der Waals surface area contributed by atoms with Gasteiger partial charge in [0.15, 0.2) is 0 Å². The number of piperazine rings is 1. The molecule has 0 aromatic heterocycles. The summed E-state index contributed by atoms with van der Waals surface area (Å²) < 4.78 is 68.0. The number of hydrogen-bond donors (Lipinski definition) is 0. The Bertz CT molecular complexity index is 1100. The van der Waals surface area contributed by atoms with Gasteiger partial charge in [-0.3, -0.25) is 4.90 Å². The molecule has 0 atom stereocenters. The number of rotatable bonds is 5. The van der Waals surface area contributed by atoms with Gasteiger partial charge in [-0.2, -0.15) is 4.31 Å². The number of sulfonamides is 1. The summed E-state index contributed by atoms with van der Waals surface area (Å²) in [6.45, 7) is 1.12. The second-order valence-electron chi connectivity index (χ2n) is 7.38. The molecule has 1 saturated heterocycles. The molecule has 1 heterocycles. The highest BCUT2D eigenvalue weighted by Gasteiger charge is 2.33. The monoisotopic (exact) mass is 446 g/mol. The third-order valence-electron chi connectivity index (χ3n) is 5.46. The quantitative estimate of drug-likeness (QED) is 0.590. The molecule has 0 saturated carbocycles. The van der Waals surface area contributed by atoms with Crippen LogP contribution >= 0.6 is 0 Å². The summed E-state index contributed by atoms with van der Waals surface area (Å²) >= 11 is 0. The van der Waals surface area contributed by atoms with E-state index >= 15 is 0 Å². The van der Waals surface area contributed by atoms with E-state index in [1.807, 2.05) is 0 Å². The van der Waals surface area contributed by atoms with Crippen LogP contribution in [0.2, 0.25) is 0 Å². The first-order chi connectivity index (χ1) is 14.9. The number of nitrogens with zero attached hydrogens (tertiary/aromatic N) is 2. The summed E-state index contributed by atoms with van der Waals surface area (Å²) in [5.41, 5.74) is 1.64. The molecular formula is C23H21F3N2O2S. The molecule has 0 bridgehead atoms. The summed E-state index contributed by atoms with van der Waals surface area (Å²) in [7, 11) is -3.95. The Balaban J connectivity index is 1.59. The van der Waals surface area contributed by atoms with Crippen LogP contribution in [-0.4, -0.2) is 43.8 Å². The molecule has 0 spiro atoms. The van der Waals surface area contributed by atoms with Crippen LogP contribution in [0.25, 0.3) is 0 Å². The molecule has 0 unspecified atom stereocenters. The maximum Gasteiger partial charge on any atom is 0.246 e. The lowest BCUT2D eigenvalue weighted by atomic mass is 9.96. The lowest BCUT2D eigenvalue weighted by Gasteiger charge is -2.39. The molecule has 4 nitrogen and oxygen atoms in total. The minimum atomic E-state index is -3.95. The number of benzene rings is 3. The van der Waals surface area contributed by atoms with Crippen LogP contribution in [0.4, 0.5) is 13.2 Å². The van der Waals surface area contributed by atoms with Crippen molar-refractivity contribution in [1.82, 2.24) is 9.21 Å². The van der Waals surface area contributed by atoms with Crippen molar-refractivity contribution in [3.05, 3.63) is 101 Å². The van der Waals surface area contributed by atoms with Crippen molar-refractivity contribution >= 4 is 10.0 Å². The molecule has 3 aromatic carbocycles. The fourth-order valence-electron chi connectivity index (χ4n) is 3.90. The van der Waals surface area contributed by atoms with E-state index in [1.54, 1.807) is 24.3 Å². The van der Waals surface area contributed by atoms with Gasteiger partial charge in [-0.05, 0) is 47.5 Å². The van der Waals surface area contributed by atoms with E-state index < -0.39 is 15.8 Å². The second kappa shape index (κ2) is 8.82. The lowest BCUT2D eigenvalue weighted by Crippen LogP contribution is -2.49. The highest BCUT2D eigenvalue weighted by molar-refractivity contribution is 7.89. The first-order valence-corrected chi connectivity index (χ1v) is 11.3. The Labute approximate surface area is 179 Å². The van der Waals surface area contributed by atoms with Gasteiger partial charge in [0.05, 0.1) is 6.04 Å². The van der Waals surface area contributed by atoms with Crippen molar-refractivity contribution in [3.8, 4) is 0 Å². The molecule has 31 heavy (non-hydrogen) atoms. The van der Waals surface area contributed by atoms with Gasteiger partial charge >= 0.3 is 0 Å². The Morgan fingerprint density at radius 3 is 1.65 bits per heavy atom. The van der Waals surface area contributed by atoms with Gasteiger partial charge in [0, 0.05) is 26.2 Å². The third kappa shape index (κ3) is 4.51. The van der Waals surface area contributed by atoms with E-state index in [-0.39, 0.29) is 35.7 Å². The summed E-state index contributed by atoms with van der Waals surface area (Å²) in [4.78, 5) is 1.73. The first-order valence-electron chi connectivity index (χ1n) is 9.86. The van der Waals surface area contributed by atoms with Crippen LogP contribution in [-0.2, 0) is 10.0 Å². The topological polar surface area (TPSA) is 40.6 Å². The minimum Gasteiger partial charge on any atom is -0.290 e.